The molecule has 1 aliphatic rings. The molecule has 8 nitrogen and oxygen atoms in total. The lowest BCUT2D eigenvalue weighted by Crippen LogP contribution is -2.21. The molecule has 1 unspecified atom stereocenters. The van der Waals surface area contributed by atoms with Crippen molar-refractivity contribution in [3.05, 3.63) is 30.0 Å². The smallest absolute Gasteiger partial charge is 0.497 e. The Morgan fingerprint density at radius 1 is 1.28 bits per heavy atom. The van der Waals surface area contributed by atoms with E-state index in [1.54, 1.807) is 31.1 Å². The fourth-order valence-corrected chi connectivity index (χ4v) is 4.17. The van der Waals surface area contributed by atoms with Crippen LogP contribution in [0.2, 0.25) is 0 Å². The van der Waals surface area contributed by atoms with E-state index in [-0.39, 0.29) is 6.10 Å². The molecular weight excluding hydrogens is 396 g/mol. The summed E-state index contributed by atoms with van der Waals surface area (Å²) in [5.74, 6) is 2.37. The topological polar surface area (TPSA) is 79.2 Å². The number of nitrogens with zero attached hydrogens (tertiary/aromatic N) is 2. The Morgan fingerprint density at radius 2 is 2.10 bits per heavy atom. The molecule has 0 spiro atoms. The van der Waals surface area contributed by atoms with E-state index in [0.29, 0.717) is 11.3 Å². The molecule has 1 fully saturated rings. The summed E-state index contributed by atoms with van der Waals surface area (Å²) < 4.78 is 21.9. The van der Waals surface area contributed by atoms with Gasteiger partial charge in [0.2, 0.25) is 6.79 Å². The van der Waals surface area contributed by atoms with Crippen LogP contribution in [-0.2, 0) is 20.6 Å². The van der Waals surface area contributed by atoms with E-state index in [1.165, 1.54) is 4.57 Å². The SMILES string of the molecule is COc1ccc2c(CCN(C)C)cn(C(=O)OCOC(=O)OC3CCSC3)c2c1. The molecule has 0 amide bonds. The van der Waals surface area contributed by atoms with E-state index in [9.17, 15) is 9.59 Å². The summed E-state index contributed by atoms with van der Waals surface area (Å²) in [6.07, 6.45) is 1.75. The first-order valence-corrected chi connectivity index (χ1v) is 10.5. The second-order valence-corrected chi connectivity index (χ2v) is 8.14. The van der Waals surface area contributed by atoms with Crippen LogP contribution in [-0.4, -0.2) is 73.9 Å². The maximum absolute atomic E-state index is 12.6. The molecule has 1 atom stereocenters. The Balaban J connectivity index is 1.66. The maximum Gasteiger partial charge on any atom is 0.511 e. The molecule has 0 saturated carbocycles. The number of likely N-dealkylation sites (N-methyl/N-ethyl adjacent to an activating group) is 1. The quantitative estimate of drug-likeness (QED) is 0.496. The van der Waals surface area contributed by atoms with Gasteiger partial charge in [-0.05, 0) is 50.4 Å². The van der Waals surface area contributed by atoms with Gasteiger partial charge in [0.25, 0.3) is 0 Å². The molecule has 158 valence electrons. The van der Waals surface area contributed by atoms with Crippen molar-refractivity contribution in [2.75, 3.05) is 46.0 Å². The Labute approximate surface area is 174 Å². The van der Waals surface area contributed by atoms with Gasteiger partial charge >= 0.3 is 12.2 Å². The molecular formula is C20H26N2O6S. The summed E-state index contributed by atoms with van der Waals surface area (Å²) >= 11 is 1.73. The van der Waals surface area contributed by atoms with E-state index in [0.717, 1.165) is 41.8 Å². The molecule has 1 aromatic carbocycles. The molecule has 3 rings (SSSR count). The third-order valence-electron chi connectivity index (χ3n) is 4.63. The van der Waals surface area contributed by atoms with Crippen molar-refractivity contribution in [2.24, 2.45) is 0 Å². The van der Waals surface area contributed by atoms with Crippen LogP contribution in [0.3, 0.4) is 0 Å². The Bertz CT molecular complexity index is 860. The van der Waals surface area contributed by atoms with Crippen molar-refractivity contribution in [2.45, 2.75) is 18.9 Å². The minimum absolute atomic E-state index is 0.136. The van der Waals surface area contributed by atoms with E-state index in [2.05, 4.69) is 4.90 Å². The largest absolute Gasteiger partial charge is 0.511 e. The predicted molar refractivity (Wildman–Crippen MR) is 111 cm³/mol. The summed E-state index contributed by atoms with van der Waals surface area (Å²) in [5, 5.41) is 0.948. The van der Waals surface area contributed by atoms with Gasteiger partial charge in [-0.1, -0.05) is 0 Å². The highest BCUT2D eigenvalue weighted by Crippen LogP contribution is 2.27. The van der Waals surface area contributed by atoms with Crippen LogP contribution >= 0.6 is 11.8 Å². The first-order valence-electron chi connectivity index (χ1n) is 9.39. The van der Waals surface area contributed by atoms with Crippen molar-refractivity contribution < 1.29 is 28.5 Å². The number of fused-ring (bicyclic) bond motifs is 1. The summed E-state index contributed by atoms with van der Waals surface area (Å²) in [6, 6.07) is 5.57. The van der Waals surface area contributed by atoms with Crippen LogP contribution in [0.4, 0.5) is 9.59 Å². The molecule has 0 N–H and O–H groups in total. The number of rotatable bonds is 7. The molecule has 1 aliphatic heterocycles. The summed E-state index contributed by atoms with van der Waals surface area (Å²) in [7, 11) is 5.57. The van der Waals surface area contributed by atoms with Gasteiger partial charge in [-0.2, -0.15) is 11.8 Å². The minimum atomic E-state index is -0.823. The third-order valence-corrected chi connectivity index (χ3v) is 5.76. The van der Waals surface area contributed by atoms with Gasteiger partial charge in [0.15, 0.2) is 0 Å². The van der Waals surface area contributed by atoms with Gasteiger partial charge in [-0.25, -0.2) is 9.59 Å². The zero-order chi connectivity index (χ0) is 20.8. The van der Waals surface area contributed by atoms with Crippen LogP contribution in [0.1, 0.15) is 12.0 Å². The second-order valence-electron chi connectivity index (χ2n) is 6.99. The minimum Gasteiger partial charge on any atom is -0.497 e. The fraction of sp³-hybridized carbons (Fsp3) is 0.500. The number of hydrogen-bond acceptors (Lipinski definition) is 8. The Hall–Kier alpha value is -2.39. The van der Waals surface area contributed by atoms with Crippen LogP contribution in [0.25, 0.3) is 10.9 Å². The molecule has 2 aromatic rings. The van der Waals surface area contributed by atoms with Crippen LogP contribution < -0.4 is 4.74 Å². The van der Waals surface area contributed by atoms with E-state index < -0.39 is 19.0 Å². The lowest BCUT2D eigenvalue weighted by atomic mass is 10.1. The number of carbonyl (C=O) groups is 2. The summed E-state index contributed by atoms with van der Waals surface area (Å²) in [5.41, 5.74) is 1.70. The molecule has 1 saturated heterocycles. The number of benzene rings is 1. The maximum atomic E-state index is 12.6. The molecule has 0 aliphatic carbocycles. The number of ether oxygens (including phenoxy) is 4. The van der Waals surface area contributed by atoms with E-state index >= 15 is 0 Å². The third kappa shape index (κ3) is 5.57. The first-order chi connectivity index (χ1) is 14.0. The number of thioether (sulfide) groups is 1. The normalized spacial score (nSPS) is 16.2. The van der Waals surface area contributed by atoms with E-state index in [1.807, 2.05) is 26.2 Å². The Morgan fingerprint density at radius 3 is 2.79 bits per heavy atom. The van der Waals surface area contributed by atoms with Crippen molar-refractivity contribution in [1.82, 2.24) is 9.47 Å². The van der Waals surface area contributed by atoms with Gasteiger partial charge in [-0.15, -0.1) is 0 Å². The first kappa shape index (κ1) is 21.3. The van der Waals surface area contributed by atoms with Crippen molar-refractivity contribution in [3.8, 4) is 5.75 Å². The molecule has 1 aromatic heterocycles. The van der Waals surface area contributed by atoms with Crippen LogP contribution in [0.5, 0.6) is 5.75 Å². The van der Waals surface area contributed by atoms with Gasteiger partial charge in [-0.3, -0.25) is 4.57 Å². The zero-order valence-electron chi connectivity index (χ0n) is 16.9. The highest BCUT2D eigenvalue weighted by atomic mass is 32.2. The van der Waals surface area contributed by atoms with Gasteiger partial charge in [0.05, 0.1) is 12.6 Å². The van der Waals surface area contributed by atoms with Crippen LogP contribution in [0.15, 0.2) is 24.4 Å². The van der Waals surface area contributed by atoms with Crippen LogP contribution in [0, 0.1) is 0 Å². The molecule has 29 heavy (non-hydrogen) atoms. The van der Waals surface area contributed by atoms with Crippen molar-refractivity contribution >= 4 is 34.9 Å². The number of carbonyl (C=O) groups excluding carboxylic acids is 2. The summed E-state index contributed by atoms with van der Waals surface area (Å²) in [4.78, 5) is 26.4. The van der Waals surface area contributed by atoms with Crippen molar-refractivity contribution in [1.29, 1.82) is 0 Å². The highest BCUT2D eigenvalue weighted by molar-refractivity contribution is 7.99. The summed E-state index contributed by atoms with van der Waals surface area (Å²) in [6.45, 7) is 0.336. The molecule has 2 heterocycles. The zero-order valence-corrected chi connectivity index (χ0v) is 17.7. The van der Waals surface area contributed by atoms with Gasteiger partial charge in [0.1, 0.15) is 11.9 Å². The number of aromatic nitrogens is 1. The lowest BCUT2D eigenvalue weighted by Gasteiger charge is -2.11. The lowest BCUT2D eigenvalue weighted by molar-refractivity contribution is -0.0253. The number of hydrogen-bond donors (Lipinski definition) is 0. The Kier molecular flexibility index (Phi) is 7.27. The van der Waals surface area contributed by atoms with Crippen molar-refractivity contribution in [3.63, 3.8) is 0 Å². The molecule has 9 heteroatoms. The second kappa shape index (κ2) is 9.89. The highest BCUT2D eigenvalue weighted by Gasteiger charge is 2.21. The van der Waals surface area contributed by atoms with Gasteiger partial charge < -0.3 is 23.8 Å². The fourth-order valence-electron chi connectivity index (χ4n) is 3.07. The van der Waals surface area contributed by atoms with Gasteiger partial charge in [0, 0.05) is 29.9 Å². The monoisotopic (exact) mass is 422 g/mol. The average molecular weight is 423 g/mol. The van der Waals surface area contributed by atoms with E-state index in [4.69, 9.17) is 18.9 Å². The average Bonchev–Trinajstić information content (AvgIpc) is 3.33. The number of methoxy groups -OCH3 is 1. The molecule has 0 bridgehead atoms. The predicted octanol–water partition coefficient (Wildman–Crippen LogP) is 3.35. The standard InChI is InChI=1S/C20H26N2O6S/c1-21(2)8-6-14-11-22(18-10-15(25-3)4-5-17(14)18)19(23)26-13-27-20(24)28-16-7-9-29-12-16/h4-5,10-11,16H,6-9,12-13H2,1-3H3. The molecule has 0 radical (unpaired) electrons.